The Morgan fingerprint density at radius 3 is 2.64 bits per heavy atom. The Bertz CT molecular complexity index is 180. The SMILES string of the molecule is CC1CN(C2CCNCC2)C(C)CO1. The molecular weight excluding hydrogens is 176 g/mol. The second-order valence-corrected chi connectivity index (χ2v) is 4.67. The molecule has 0 aromatic carbocycles. The minimum absolute atomic E-state index is 0.418. The van der Waals surface area contributed by atoms with Gasteiger partial charge in [0, 0.05) is 18.6 Å². The number of morpholine rings is 1. The van der Waals surface area contributed by atoms with Crippen molar-refractivity contribution in [3.05, 3.63) is 0 Å². The monoisotopic (exact) mass is 198 g/mol. The van der Waals surface area contributed by atoms with Gasteiger partial charge >= 0.3 is 0 Å². The maximum absolute atomic E-state index is 5.65. The second-order valence-electron chi connectivity index (χ2n) is 4.67. The van der Waals surface area contributed by atoms with Gasteiger partial charge in [-0.3, -0.25) is 4.90 Å². The summed E-state index contributed by atoms with van der Waals surface area (Å²) in [4.78, 5) is 2.65. The number of hydrogen-bond acceptors (Lipinski definition) is 3. The molecule has 1 N–H and O–H groups in total. The number of piperidine rings is 1. The predicted octanol–water partition coefficient (Wildman–Crippen LogP) is 0.848. The van der Waals surface area contributed by atoms with E-state index in [1.807, 2.05) is 0 Å². The van der Waals surface area contributed by atoms with Crippen LogP contribution in [0.2, 0.25) is 0 Å². The summed E-state index contributed by atoms with van der Waals surface area (Å²) in [5, 5.41) is 3.42. The van der Waals surface area contributed by atoms with Gasteiger partial charge in [-0.1, -0.05) is 0 Å². The Kier molecular flexibility index (Phi) is 3.42. The first-order chi connectivity index (χ1) is 6.77. The highest BCUT2D eigenvalue weighted by molar-refractivity contribution is 4.84. The maximum Gasteiger partial charge on any atom is 0.0674 e. The van der Waals surface area contributed by atoms with Gasteiger partial charge in [0.2, 0.25) is 0 Å². The first kappa shape index (κ1) is 10.4. The van der Waals surface area contributed by atoms with Crippen LogP contribution in [0.1, 0.15) is 26.7 Å². The summed E-state index contributed by atoms with van der Waals surface area (Å²) in [6, 6.07) is 1.40. The van der Waals surface area contributed by atoms with E-state index in [1.165, 1.54) is 25.9 Å². The summed E-state index contributed by atoms with van der Waals surface area (Å²) in [6.45, 7) is 8.86. The lowest BCUT2D eigenvalue weighted by Crippen LogP contribution is -2.54. The van der Waals surface area contributed by atoms with E-state index in [4.69, 9.17) is 4.74 Å². The lowest BCUT2D eigenvalue weighted by Gasteiger charge is -2.43. The van der Waals surface area contributed by atoms with Gasteiger partial charge in [0.1, 0.15) is 0 Å². The molecule has 0 spiro atoms. The molecule has 14 heavy (non-hydrogen) atoms. The van der Waals surface area contributed by atoms with Crippen molar-refractivity contribution in [3.63, 3.8) is 0 Å². The summed E-state index contributed by atoms with van der Waals surface area (Å²) in [7, 11) is 0. The van der Waals surface area contributed by atoms with Gasteiger partial charge in [0.15, 0.2) is 0 Å². The van der Waals surface area contributed by atoms with Crippen LogP contribution >= 0.6 is 0 Å². The van der Waals surface area contributed by atoms with Gasteiger partial charge in [-0.15, -0.1) is 0 Å². The molecule has 0 bridgehead atoms. The predicted molar refractivity (Wildman–Crippen MR) is 57.5 cm³/mol. The standard InChI is InChI=1S/C11H22N2O/c1-9-8-14-10(2)7-13(9)11-3-5-12-6-4-11/h9-12H,3-8H2,1-2H3. The zero-order chi connectivity index (χ0) is 9.97. The van der Waals surface area contributed by atoms with Crippen molar-refractivity contribution >= 4 is 0 Å². The molecule has 0 aliphatic carbocycles. The average Bonchev–Trinajstić information content (AvgIpc) is 2.23. The first-order valence-corrected chi connectivity index (χ1v) is 5.85. The number of nitrogens with zero attached hydrogens (tertiary/aromatic N) is 1. The van der Waals surface area contributed by atoms with Crippen molar-refractivity contribution < 1.29 is 4.74 Å². The quantitative estimate of drug-likeness (QED) is 0.676. The molecule has 2 atom stereocenters. The molecule has 2 aliphatic rings. The zero-order valence-corrected chi connectivity index (χ0v) is 9.33. The highest BCUT2D eigenvalue weighted by Crippen LogP contribution is 2.19. The van der Waals surface area contributed by atoms with Crippen LogP contribution < -0.4 is 5.32 Å². The molecule has 2 rings (SSSR count). The van der Waals surface area contributed by atoms with E-state index in [0.717, 1.165) is 19.2 Å². The van der Waals surface area contributed by atoms with E-state index < -0.39 is 0 Å². The summed E-state index contributed by atoms with van der Waals surface area (Å²) in [6.07, 6.45) is 3.02. The van der Waals surface area contributed by atoms with Crippen LogP contribution in [0.25, 0.3) is 0 Å². The molecule has 0 aromatic heterocycles. The van der Waals surface area contributed by atoms with Crippen LogP contribution in [0.5, 0.6) is 0 Å². The van der Waals surface area contributed by atoms with Crippen LogP contribution in [-0.4, -0.2) is 49.3 Å². The van der Waals surface area contributed by atoms with Gasteiger partial charge in [-0.2, -0.15) is 0 Å². The molecule has 2 saturated heterocycles. The maximum atomic E-state index is 5.65. The lowest BCUT2D eigenvalue weighted by molar-refractivity contribution is -0.0699. The van der Waals surface area contributed by atoms with Crippen LogP contribution in [0.3, 0.4) is 0 Å². The summed E-state index contributed by atoms with van der Waals surface area (Å²) < 4.78 is 5.65. The van der Waals surface area contributed by atoms with Gasteiger partial charge in [-0.05, 0) is 39.8 Å². The molecule has 3 nitrogen and oxygen atoms in total. The lowest BCUT2D eigenvalue weighted by atomic mass is 10.0. The van der Waals surface area contributed by atoms with E-state index in [1.54, 1.807) is 0 Å². The molecule has 2 unspecified atom stereocenters. The Balaban J connectivity index is 1.92. The van der Waals surface area contributed by atoms with Crippen molar-refractivity contribution in [1.29, 1.82) is 0 Å². The third-order valence-corrected chi connectivity index (χ3v) is 3.43. The largest absolute Gasteiger partial charge is 0.376 e. The average molecular weight is 198 g/mol. The first-order valence-electron chi connectivity index (χ1n) is 5.85. The third-order valence-electron chi connectivity index (χ3n) is 3.43. The van der Waals surface area contributed by atoms with Gasteiger partial charge < -0.3 is 10.1 Å². The normalized spacial score (nSPS) is 37.3. The minimum atomic E-state index is 0.418. The van der Waals surface area contributed by atoms with E-state index in [-0.39, 0.29) is 0 Å². The van der Waals surface area contributed by atoms with Crippen molar-refractivity contribution in [2.75, 3.05) is 26.2 Å². The minimum Gasteiger partial charge on any atom is -0.376 e. The number of nitrogens with one attached hydrogen (secondary N) is 1. The molecule has 0 amide bonds. The Hall–Kier alpha value is -0.120. The topological polar surface area (TPSA) is 24.5 Å². The fraction of sp³-hybridized carbons (Fsp3) is 1.00. The molecule has 2 heterocycles. The highest BCUT2D eigenvalue weighted by Gasteiger charge is 2.29. The van der Waals surface area contributed by atoms with Crippen molar-refractivity contribution in [1.82, 2.24) is 10.2 Å². The molecule has 0 aromatic rings. The van der Waals surface area contributed by atoms with Crippen molar-refractivity contribution in [2.24, 2.45) is 0 Å². The Labute approximate surface area is 86.8 Å². The number of hydrogen-bond donors (Lipinski definition) is 1. The summed E-state index contributed by atoms with van der Waals surface area (Å²) in [5.74, 6) is 0. The van der Waals surface area contributed by atoms with E-state index in [2.05, 4.69) is 24.1 Å². The zero-order valence-electron chi connectivity index (χ0n) is 9.33. The van der Waals surface area contributed by atoms with Gasteiger partial charge in [0.25, 0.3) is 0 Å². The Morgan fingerprint density at radius 2 is 1.93 bits per heavy atom. The van der Waals surface area contributed by atoms with Crippen LogP contribution in [-0.2, 0) is 4.74 Å². The number of ether oxygens (including phenoxy) is 1. The molecule has 0 radical (unpaired) electrons. The molecule has 2 fully saturated rings. The molecule has 3 heteroatoms. The van der Waals surface area contributed by atoms with Crippen LogP contribution in [0.4, 0.5) is 0 Å². The van der Waals surface area contributed by atoms with Crippen molar-refractivity contribution in [3.8, 4) is 0 Å². The molecular formula is C11H22N2O. The van der Waals surface area contributed by atoms with E-state index in [0.29, 0.717) is 12.1 Å². The highest BCUT2D eigenvalue weighted by atomic mass is 16.5. The summed E-state index contributed by atoms with van der Waals surface area (Å²) in [5.41, 5.74) is 0. The molecule has 0 saturated carbocycles. The smallest absolute Gasteiger partial charge is 0.0674 e. The fourth-order valence-electron chi connectivity index (χ4n) is 2.58. The fourth-order valence-corrected chi connectivity index (χ4v) is 2.58. The third kappa shape index (κ3) is 2.27. The number of rotatable bonds is 1. The Morgan fingerprint density at radius 1 is 1.21 bits per heavy atom. The van der Waals surface area contributed by atoms with Gasteiger partial charge in [-0.25, -0.2) is 0 Å². The summed E-state index contributed by atoms with van der Waals surface area (Å²) >= 11 is 0. The van der Waals surface area contributed by atoms with Crippen LogP contribution in [0, 0.1) is 0 Å². The molecule has 2 aliphatic heterocycles. The van der Waals surface area contributed by atoms with Crippen LogP contribution in [0.15, 0.2) is 0 Å². The van der Waals surface area contributed by atoms with E-state index >= 15 is 0 Å². The van der Waals surface area contributed by atoms with Crippen molar-refractivity contribution in [2.45, 2.75) is 44.9 Å². The molecule has 82 valence electrons. The van der Waals surface area contributed by atoms with E-state index in [9.17, 15) is 0 Å². The second kappa shape index (κ2) is 4.60. The van der Waals surface area contributed by atoms with Gasteiger partial charge in [0.05, 0.1) is 12.7 Å².